The van der Waals surface area contributed by atoms with E-state index in [-0.39, 0.29) is 36.1 Å². The first-order valence-corrected chi connectivity index (χ1v) is 5.22. The van der Waals surface area contributed by atoms with Gasteiger partial charge in [0.15, 0.2) is 0 Å². The van der Waals surface area contributed by atoms with E-state index in [1.165, 1.54) is 0 Å². The van der Waals surface area contributed by atoms with Crippen LogP contribution in [0.25, 0.3) is 0 Å². The number of hydrogen-bond donors (Lipinski definition) is 3. The van der Waals surface area contributed by atoms with E-state index in [2.05, 4.69) is 0 Å². The Hall–Kier alpha value is -0.120. The lowest BCUT2D eigenvalue weighted by molar-refractivity contribution is 0.102. The summed E-state index contributed by atoms with van der Waals surface area (Å²) in [6.07, 6.45) is 1.43. The zero-order chi connectivity index (χ0) is 9.16. The van der Waals surface area contributed by atoms with Gasteiger partial charge in [0.05, 0.1) is 18.3 Å². The summed E-state index contributed by atoms with van der Waals surface area (Å²) in [5.41, 5.74) is 0. The van der Waals surface area contributed by atoms with Gasteiger partial charge >= 0.3 is 0 Å². The van der Waals surface area contributed by atoms with E-state index < -0.39 is 0 Å². The van der Waals surface area contributed by atoms with Crippen LogP contribution in [0, 0.1) is 23.7 Å². The molecule has 0 saturated heterocycles. The highest BCUT2D eigenvalue weighted by atomic mass is 16.3. The first-order valence-electron chi connectivity index (χ1n) is 5.22. The maximum Gasteiger partial charge on any atom is 0.0576 e. The van der Waals surface area contributed by atoms with Crippen molar-refractivity contribution in [3.63, 3.8) is 0 Å². The molecule has 0 spiro atoms. The molecule has 6 atom stereocenters. The zero-order valence-electron chi connectivity index (χ0n) is 7.50. The Bertz CT molecular complexity index is 192. The van der Waals surface area contributed by atoms with Crippen LogP contribution in [-0.2, 0) is 0 Å². The van der Waals surface area contributed by atoms with Crippen LogP contribution in [-0.4, -0.2) is 33.6 Å². The molecule has 0 heterocycles. The van der Waals surface area contributed by atoms with E-state index >= 15 is 0 Å². The van der Waals surface area contributed by atoms with Gasteiger partial charge in [0, 0.05) is 0 Å². The van der Waals surface area contributed by atoms with E-state index in [0.29, 0.717) is 5.92 Å². The van der Waals surface area contributed by atoms with Crippen LogP contribution < -0.4 is 0 Å². The standard InChI is InChI=1S/C10H16O3/c11-7-1-4-8(12)3-6-9(13)2-5(7)10(4)6/h4-13H,1-3H2/t4?,5?,6?,7-,8-,9-,10?/m0/s1. The summed E-state index contributed by atoms with van der Waals surface area (Å²) in [6, 6.07) is 0. The molecular weight excluding hydrogens is 168 g/mol. The van der Waals surface area contributed by atoms with Crippen LogP contribution >= 0.6 is 0 Å². The Balaban J connectivity index is 1.94. The summed E-state index contributed by atoms with van der Waals surface area (Å²) in [4.78, 5) is 0. The van der Waals surface area contributed by atoms with Crippen molar-refractivity contribution in [3.8, 4) is 0 Å². The van der Waals surface area contributed by atoms with Gasteiger partial charge in [0.2, 0.25) is 0 Å². The summed E-state index contributed by atoms with van der Waals surface area (Å²) in [7, 11) is 0. The van der Waals surface area contributed by atoms with Crippen LogP contribution in [0.2, 0.25) is 0 Å². The summed E-state index contributed by atoms with van der Waals surface area (Å²) in [5, 5.41) is 29.2. The predicted octanol–water partition coefficient (Wildman–Crippen LogP) is -0.255. The van der Waals surface area contributed by atoms with Crippen molar-refractivity contribution in [2.45, 2.75) is 37.6 Å². The maximum absolute atomic E-state index is 9.73. The lowest BCUT2D eigenvalue weighted by Gasteiger charge is -2.14. The lowest BCUT2D eigenvalue weighted by Crippen LogP contribution is -2.15. The van der Waals surface area contributed by atoms with Crippen LogP contribution in [0.3, 0.4) is 0 Å². The van der Waals surface area contributed by atoms with Crippen LogP contribution in [0.15, 0.2) is 0 Å². The molecule has 0 bridgehead atoms. The summed E-state index contributed by atoms with van der Waals surface area (Å²) >= 11 is 0. The summed E-state index contributed by atoms with van der Waals surface area (Å²) in [5.74, 6) is 1.20. The Kier molecular flexibility index (Phi) is 1.56. The van der Waals surface area contributed by atoms with Gasteiger partial charge in [-0.25, -0.2) is 0 Å². The Morgan fingerprint density at radius 2 is 0.923 bits per heavy atom. The van der Waals surface area contributed by atoms with Crippen molar-refractivity contribution in [2.75, 3.05) is 0 Å². The van der Waals surface area contributed by atoms with Gasteiger partial charge in [-0.3, -0.25) is 0 Å². The number of hydrogen-bond acceptors (Lipinski definition) is 3. The van der Waals surface area contributed by atoms with E-state index in [1.54, 1.807) is 0 Å². The maximum atomic E-state index is 9.73. The molecule has 0 aromatic carbocycles. The molecule has 0 aromatic heterocycles. The first-order chi connectivity index (χ1) is 6.18. The highest BCUT2D eigenvalue weighted by Crippen LogP contribution is 2.58. The van der Waals surface area contributed by atoms with Crippen molar-refractivity contribution in [1.29, 1.82) is 0 Å². The minimum absolute atomic E-state index is 0.266. The predicted molar refractivity (Wildman–Crippen MR) is 45.8 cm³/mol. The molecule has 3 heteroatoms. The molecule has 3 rings (SSSR count). The molecule has 3 fully saturated rings. The molecule has 3 aliphatic rings. The van der Waals surface area contributed by atoms with Gasteiger partial charge in [0.25, 0.3) is 0 Å². The second-order valence-electron chi connectivity index (χ2n) is 4.98. The third-order valence-corrected chi connectivity index (χ3v) is 4.51. The molecule has 3 unspecified atom stereocenters. The van der Waals surface area contributed by atoms with Crippen LogP contribution in [0.5, 0.6) is 0 Å². The van der Waals surface area contributed by atoms with Crippen LogP contribution in [0.1, 0.15) is 19.3 Å². The minimum atomic E-state index is -0.274. The first kappa shape index (κ1) is 8.21. The molecule has 3 aliphatic carbocycles. The number of aliphatic hydroxyl groups excluding tert-OH is 3. The molecule has 0 aliphatic heterocycles. The van der Waals surface area contributed by atoms with Crippen molar-refractivity contribution < 1.29 is 15.3 Å². The lowest BCUT2D eigenvalue weighted by atomic mass is 9.92. The monoisotopic (exact) mass is 184 g/mol. The average molecular weight is 184 g/mol. The average Bonchev–Trinajstić information content (AvgIpc) is 2.63. The Morgan fingerprint density at radius 3 is 1.23 bits per heavy atom. The fraction of sp³-hybridized carbons (Fsp3) is 1.00. The zero-order valence-corrected chi connectivity index (χ0v) is 7.50. The Morgan fingerprint density at radius 1 is 0.615 bits per heavy atom. The molecular formula is C10H16O3. The second-order valence-corrected chi connectivity index (χ2v) is 4.98. The topological polar surface area (TPSA) is 60.7 Å². The van der Waals surface area contributed by atoms with Gasteiger partial charge in [-0.15, -0.1) is 0 Å². The van der Waals surface area contributed by atoms with Crippen molar-refractivity contribution >= 4 is 0 Å². The fourth-order valence-electron chi connectivity index (χ4n) is 4.03. The fourth-order valence-corrected chi connectivity index (χ4v) is 4.03. The third kappa shape index (κ3) is 0.901. The molecule has 74 valence electrons. The highest BCUT2D eigenvalue weighted by molar-refractivity contribution is 5.08. The van der Waals surface area contributed by atoms with Crippen molar-refractivity contribution in [3.05, 3.63) is 0 Å². The molecule has 3 saturated carbocycles. The van der Waals surface area contributed by atoms with Gasteiger partial charge in [-0.2, -0.15) is 0 Å². The highest BCUT2D eigenvalue weighted by Gasteiger charge is 2.59. The van der Waals surface area contributed by atoms with E-state index in [0.717, 1.165) is 19.3 Å². The SMILES string of the molecule is O[C@H]1CC2C3C1C[C@H](O)C3C[C@@H]2O. The summed E-state index contributed by atoms with van der Waals surface area (Å²) in [6.45, 7) is 0. The largest absolute Gasteiger partial charge is 0.393 e. The molecule has 13 heavy (non-hydrogen) atoms. The van der Waals surface area contributed by atoms with Gasteiger partial charge in [-0.1, -0.05) is 0 Å². The van der Waals surface area contributed by atoms with Crippen LogP contribution in [0.4, 0.5) is 0 Å². The van der Waals surface area contributed by atoms with Gasteiger partial charge in [0.1, 0.15) is 0 Å². The van der Waals surface area contributed by atoms with Crippen molar-refractivity contribution in [1.82, 2.24) is 0 Å². The smallest absolute Gasteiger partial charge is 0.0576 e. The van der Waals surface area contributed by atoms with Crippen molar-refractivity contribution in [2.24, 2.45) is 23.7 Å². The normalized spacial score (nSPS) is 64.4. The Labute approximate surface area is 77.4 Å². The molecule has 3 N–H and O–H groups in total. The van der Waals surface area contributed by atoms with Gasteiger partial charge < -0.3 is 15.3 Å². The summed E-state index contributed by atoms with van der Waals surface area (Å²) < 4.78 is 0. The minimum Gasteiger partial charge on any atom is -0.393 e. The number of rotatable bonds is 0. The molecule has 0 amide bonds. The van der Waals surface area contributed by atoms with Gasteiger partial charge in [-0.05, 0) is 42.9 Å². The van der Waals surface area contributed by atoms with E-state index in [9.17, 15) is 15.3 Å². The molecule has 0 aromatic rings. The van der Waals surface area contributed by atoms with E-state index in [1.807, 2.05) is 0 Å². The third-order valence-electron chi connectivity index (χ3n) is 4.51. The van der Waals surface area contributed by atoms with E-state index in [4.69, 9.17) is 0 Å². The quantitative estimate of drug-likeness (QED) is 0.486. The second kappa shape index (κ2) is 2.47. The number of aliphatic hydroxyl groups is 3. The molecule has 3 nitrogen and oxygen atoms in total. The molecule has 0 radical (unpaired) electrons.